The van der Waals surface area contributed by atoms with Gasteiger partial charge in [0.25, 0.3) is 0 Å². The van der Waals surface area contributed by atoms with Gasteiger partial charge in [0.15, 0.2) is 0 Å². The van der Waals surface area contributed by atoms with Gasteiger partial charge in [-0.25, -0.2) is 26.7 Å². The Kier molecular flexibility index (Phi) is 5.76. The van der Waals surface area contributed by atoms with E-state index in [1.165, 1.54) is 12.1 Å². The van der Waals surface area contributed by atoms with Crippen molar-refractivity contribution in [3.63, 3.8) is 0 Å². The summed E-state index contributed by atoms with van der Waals surface area (Å²) < 4.78 is 49.2. The fourth-order valence-corrected chi connectivity index (χ4v) is 3.90. The van der Waals surface area contributed by atoms with Gasteiger partial charge in [0, 0.05) is 6.54 Å². The fourth-order valence-electron chi connectivity index (χ4n) is 2.21. The van der Waals surface area contributed by atoms with E-state index in [-0.39, 0.29) is 9.79 Å². The number of hydrogen-bond acceptors (Lipinski definition) is 4. The fraction of sp³-hybridized carbons (Fsp3) is 0.250. The molecule has 0 aliphatic rings. The molecule has 6 nitrogen and oxygen atoms in total. The van der Waals surface area contributed by atoms with Crippen LogP contribution in [0.4, 0.5) is 0 Å². The molecule has 0 saturated heterocycles. The van der Waals surface area contributed by atoms with Crippen LogP contribution < -0.4 is 9.86 Å². The van der Waals surface area contributed by atoms with Crippen LogP contribution in [0.25, 0.3) is 0 Å². The Morgan fingerprint density at radius 3 is 2.21 bits per heavy atom. The zero-order valence-corrected chi connectivity index (χ0v) is 14.9. The van der Waals surface area contributed by atoms with Gasteiger partial charge in [0.05, 0.1) is 9.79 Å². The maximum atomic E-state index is 12.2. The molecular formula is C16H20N2O4S2. The summed E-state index contributed by atoms with van der Waals surface area (Å²) in [5.74, 6) is 0. The van der Waals surface area contributed by atoms with Gasteiger partial charge in [-0.15, -0.1) is 0 Å². The Bertz CT molecular complexity index is 905. The molecule has 0 heterocycles. The second kappa shape index (κ2) is 7.43. The smallest absolute Gasteiger partial charge is 0.225 e. The molecule has 2 rings (SSSR count). The number of hydrogen-bond donors (Lipinski definition) is 2. The summed E-state index contributed by atoms with van der Waals surface area (Å²) >= 11 is 0. The quantitative estimate of drug-likeness (QED) is 0.723. The van der Waals surface area contributed by atoms with Gasteiger partial charge in [-0.3, -0.25) is 0 Å². The predicted molar refractivity (Wildman–Crippen MR) is 92.5 cm³/mol. The summed E-state index contributed by atoms with van der Waals surface area (Å²) in [4.78, 5) is 0.311. The molecule has 0 fully saturated rings. The van der Waals surface area contributed by atoms with E-state index >= 15 is 0 Å². The minimum atomic E-state index is -3.69. The molecule has 2 aromatic carbocycles. The first-order valence-electron chi connectivity index (χ1n) is 7.36. The van der Waals surface area contributed by atoms with Crippen LogP contribution in [-0.4, -0.2) is 23.4 Å². The third kappa shape index (κ3) is 5.13. The molecule has 24 heavy (non-hydrogen) atoms. The van der Waals surface area contributed by atoms with Crippen molar-refractivity contribution in [3.8, 4) is 0 Å². The van der Waals surface area contributed by atoms with Crippen LogP contribution in [0.2, 0.25) is 0 Å². The van der Waals surface area contributed by atoms with Gasteiger partial charge in [0.2, 0.25) is 20.0 Å². The first-order valence-corrected chi connectivity index (χ1v) is 10.4. The van der Waals surface area contributed by atoms with Crippen molar-refractivity contribution in [2.24, 2.45) is 5.14 Å². The minimum absolute atomic E-state index is 0.0615. The Balaban J connectivity index is 1.89. The number of benzene rings is 2. The van der Waals surface area contributed by atoms with Crippen LogP contribution in [0.5, 0.6) is 0 Å². The molecule has 0 bridgehead atoms. The number of nitrogens with two attached hydrogens (primary N) is 1. The average Bonchev–Trinajstić information content (AvgIpc) is 2.51. The Morgan fingerprint density at radius 2 is 1.62 bits per heavy atom. The van der Waals surface area contributed by atoms with Crippen molar-refractivity contribution < 1.29 is 16.8 Å². The molecule has 0 spiro atoms. The highest BCUT2D eigenvalue weighted by Gasteiger charge is 2.13. The lowest BCUT2D eigenvalue weighted by Gasteiger charge is -2.08. The summed E-state index contributed by atoms with van der Waals surface area (Å²) in [6.45, 7) is 2.14. The second-order valence-corrected chi connectivity index (χ2v) is 8.84. The van der Waals surface area contributed by atoms with Crippen molar-refractivity contribution in [3.05, 3.63) is 59.7 Å². The summed E-state index contributed by atoms with van der Waals surface area (Å²) in [5, 5.41) is 5.04. The molecule has 0 atom stereocenters. The van der Waals surface area contributed by atoms with Gasteiger partial charge in [-0.2, -0.15) is 0 Å². The molecule has 0 aliphatic carbocycles. The van der Waals surface area contributed by atoms with E-state index in [4.69, 9.17) is 5.14 Å². The third-order valence-corrected chi connectivity index (χ3v) is 5.87. The highest BCUT2D eigenvalue weighted by molar-refractivity contribution is 7.89. The highest BCUT2D eigenvalue weighted by Crippen LogP contribution is 2.12. The van der Waals surface area contributed by atoms with E-state index in [2.05, 4.69) is 4.72 Å². The van der Waals surface area contributed by atoms with Crippen LogP contribution >= 0.6 is 0 Å². The molecule has 0 aliphatic heterocycles. The summed E-state index contributed by atoms with van der Waals surface area (Å²) in [6.07, 6.45) is 1.22. The van der Waals surface area contributed by atoms with Crippen molar-refractivity contribution in [2.45, 2.75) is 29.6 Å². The van der Waals surface area contributed by atoms with Crippen molar-refractivity contribution in [1.82, 2.24) is 4.72 Å². The summed E-state index contributed by atoms with van der Waals surface area (Å²) in [5.41, 5.74) is 1.80. The zero-order chi connectivity index (χ0) is 17.8. The van der Waals surface area contributed by atoms with E-state index in [1.54, 1.807) is 30.3 Å². The Labute approximate surface area is 142 Å². The maximum absolute atomic E-state index is 12.2. The second-order valence-electron chi connectivity index (χ2n) is 5.51. The number of sulfonamides is 2. The number of nitrogens with one attached hydrogen (secondary N) is 1. The average molecular weight is 368 g/mol. The Hall–Kier alpha value is -1.74. The van der Waals surface area contributed by atoms with Crippen molar-refractivity contribution in [1.29, 1.82) is 0 Å². The lowest BCUT2D eigenvalue weighted by molar-refractivity contribution is 0.578. The van der Waals surface area contributed by atoms with E-state index in [9.17, 15) is 16.8 Å². The molecule has 8 heteroatoms. The summed E-state index contributed by atoms with van der Waals surface area (Å²) in [7, 11) is -7.20. The van der Waals surface area contributed by atoms with Crippen LogP contribution in [-0.2, 0) is 26.5 Å². The van der Waals surface area contributed by atoms with Crippen molar-refractivity contribution >= 4 is 20.0 Å². The highest BCUT2D eigenvalue weighted by atomic mass is 32.2. The van der Waals surface area contributed by atoms with Crippen molar-refractivity contribution in [2.75, 3.05) is 6.54 Å². The number of aryl methyl sites for hydroxylation is 2. The van der Waals surface area contributed by atoms with E-state index in [0.29, 0.717) is 19.4 Å². The van der Waals surface area contributed by atoms with E-state index in [1.807, 2.05) is 13.0 Å². The first-order chi connectivity index (χ1) is 11.2. The zero-order valence-electron chi connectivity index (χ0n) is 13.3. The number of rotatable bonds is 7. The largest absolute Gasteiger partial charge is 0.240 e. The lowest BCUT2D eigenvalue weighted by Crippen LogP contribution is -2.25. The maximum Gasteiger partial charge on any atom is 0.240 e. The van der Waals surface area contributed by atoms with E-state index in [0.717, 1.165) is 11.1 Å². The van der Waals surface area contributed by atoms with Crippen LogP contribution in [0, 0.1) is 6.92 Å². The molecule has 0 saturated carbocycles. The van der Waals surface area contributed by atoms with Gasteiger partial charge < -0.3 is 0 Å². The van der Waals surface area contributed by atoms with Gasteiger partial charge >= 0.3 is 0 Å². The monoisotopic (exact) mass is 368 g/mol. The molecule has 0 amide bonds. The molecule has 0 unspecified atom stereocenters. The molecule has 130 valence electrons. The SMILES string of the molecule is Cc1cccc(S(=O)(=O)NCCCc2ccc(S(N)(=O)=O)cc2)c1. The van der Waals surface area contributed by atoms with Crippen LogP contribution in [0.1, 0.15) is 17.5 Å². The first kappa shape index (κ1) is 18.6. The third-order valence-electron chi connectivity index (χ3n) is 3.49. The lowest BCUT2D eigenvalue weighted by atomic mass is 10.1. The Morgan fingerprint density at radius 1 is 0.958 bits per heavy atom. The molecule has 0 radical (unpaired) electrons. The van der Waals surface area contributed by atoms with Gasteiger partial charge in [-0.1, -0.05) is 24.3 Å². The van der Waals surface area contributed by atoms with Crippen LogP contribution in [0.3, 0.4) is 0 Å². The topological polar surface area (TPSA) is 106 Å². The van der Waals surface area contributed by atoms with Crippen LogP contribution in [0.15, 0.2) is 58.3 Å². The molecule has 0 aromatic heterocycles. The van der Waals surface area contributed by atoms with Gasteiger partial charge in [0.1, 0.15) is 0 Å². The standard InChI is InChI=1S/C16H20N2O4S2/c1-13-4-2-6-16(12-13)24(21,22)18-11-3-5-14-7-9-15(10-8-14)23(17,19)20/h2,4,6-10,12,18H,3,5,11H2,1H3,(H2,17,19,20). The van der Waals surface area contributed by atoms with E-state index < -0.39 is 20.0 Å². The summed E-state index contributed by atoms with van der Waals surface area (Å²) in [6, 6.07) is 13.0. The predicted octanol–water partition coefficient (Wildman–Crippen LogP) is 1.55. The number of primary sulfonamides is 1. The minimum Gasteiger partial charge on any atom is -0.225 e. The molecule has 2 aromatic rings. The van der Waals surface area contributed by atoms with Gasteiger partial charge in [-0.05, 0) is 55.2 Å². The molecular weight excluding hydrogens is 348 g/mol. The molecule has 3 N–H and O–H groups in total. The normalized spacial score (nSPS) is 12.2.